The van der Waals surface area contributed by atoms with Crippen molar-refractivity contribution < 1.29 is 18.0 Å². The van der Waals surface area contributed by atoms with Crippen LogP contribution in [0.4, 0.5) is 0 Å². The van der Waals surface area contributed by atoms with E-state index in [9.17, 15) is 18.0 Å². The van der Waals surface area contributed by atoms with Gasteiger partial charge in [0.15, 0.2) is 26.2 Å². The number of ketones is 2. The highest BCUT2D eigenvalue weighted by Crippen LogP contribution is 2.46. The monoisotopic (exact) mass is 372 g/mol. The standard InChI is InChI=1S/C18H25ClO4S/c1-3-7-16(20)18(17(21)14-8-5-4-6-9-14)13(2)15(10-11-19)12-24(18,22)23/h5,8,12-14H,3-4,6-7,9-11H2,1-2H3/t13?,14?,18-/m1/s1. The summed E-state index contributed by atoms with van der Waals surface area (Å²) in [4.78, 5) is 26.2. The molecular formula is C18H25ClO4S. The topological polar surface area (TPSA) is 68.3 Å². The molecule has 0 aromatic rings. The number of hydrogen-bond donors (Lipinski definition) is 0. The Labute approximate surface area is 149 Å². The van der Waals surface area contributed by atoms with Gasteiger partial charge in [-0.2, -0.15) is 0 Å². The molecule has 2 aliphatic rings. The average Bonchev–Trinajstić information content (AvgIpc) is 2.75. The van der Waals surface area contributed by atoms with Gasteiger partial charge in [0.2, 0.25) is 0 Å². The smallest absolute Gasteiger partial charge is 0.199 e. The van der Waals surface area contributed by atoms with Gasteiger partial charge >= 0.3 is 0 Å². The molecular weight excluding hydrogens is 348 g/mol. The van der Waals surface area contributed by atoms with E-state index in [-0.39, 0.29) is 12.3 Å². The highest BCUT2D eigenvalue weighted by molar-refractivity contribution is 7.97. The SMILES string of the molecule is CCCC(=O)[C@@]1(C(=O)C2C=CCCC2)C(C)C(CCCl)=CS1(=O)=O. The number of carbonyl (C=O) groups is 2. The zero-order chi connectivity index (χ0) is 18.0. The number of Topliss-reactive ketones (excluding diaryl/α,β-unsaturated/α-hetero) is 2. The minimum atomic E-state index is -3.99. The molecule has 0 spiro atoms. The molecule has 6 heteroatoms. The van der Waals surface area contributed by atoms with E-state index < -0.39 is 38.0 Å². The predicted octanol–water partition coefficient (Wildman–Crippen LogP) is 3.60. The summed E-state index contributed by atoms with van der Waals surface area (Å²) < 4.78 is 24.0. The maximum absolute atomic E-state index is 13.3. The maximum Gasteiger partial charge on any atom is 0.199 e. The van der Waals surface area contributed by atoms with Gasteiger partial charge in [-0.25, -0.2) is 8.42 Å². The minimum absolute atomic E-state index is 0.0910. The lowest BCUT2D eigenvalue weighted by atomic mass is 9.74. The van der Waals surface area contributed by atoms with Gasteiger partial charge < -0.3 is 0 Å². The Morgan fingerprint density at radius 3 is 2.62 bits per heavy atom. The van der Waals surface area contributed by atoms with Crippen molar-refractivity contribution in [1.82, 2.24) is 0 Å². The van der Waals surface area contributed by atoms with Crippen LogP contribution in [0.5, 0.6) is 0 Å². The zero-order valence-corrected chi connectivity index (χ0v) is 15.8. The molecule has 1 aliphatic carbocycles. The number of hydrogen-bond acceptors (Lipinski definition) is 4. The second kappa shape index (κ2) is 7.52. The summed E-state index contributed by atoms with van der Waals surface area (Å²) in [7, 11) is -3.99. The first-order valence-corrected chi connectivity index (χ1v) is 10.7. The second-order valence-electron chi connectivity index (χ2n) is 6.64. The van der Waals surface area contributed by atoms with Crippen molar-refractivity contribution in [3.8, 4) is 0 Å². The summed E-state index contributed by atoms with van der Waals surface area (Å²) >= 11 is 5.79. The summed E-state index contributed by atoms with van der Waals surface area (Å²) in [5.41, 5.74) is 0.586. The number of rotatable bonds is 7. The van der Waals surface area contributed by atoms with Crippen molar-refractivity contribution >= 4 is 33.0 Å². The lowest BCUT2D eigenvalue weighted by molar-refractivity contribution is -0.133. The Bertz CT molecular complexity index is 677. The summed E-state index contributed by atoms with van der Waals surface area (Å²) in [5, 5.41) is 1.14. The number of allylic oxidation sites excluding steroid dienone is 3. The van der Waals surface area contributed by atoms with Crippen LogP contribution in [0.1, 0.15) is 52.4 Å². The molecule has 134 valence electrons. The number of halogens is 1. The van der Waals surface area contributed by atoms with E-state index in [1.165, 1.54) is 0 Å². The minimum Gasteiger partial charge on any atom is -0.297 e. The van der Waals surface area contributed by atoms with Crippen LogP contribution in [0.25, 0.3) is 0 Å². The van der Waals surface area contributed by atoms with Gasteiger partial charge in [-0.1, -0.05) is 31.6 Å². The molecule has 0 saturated carbocycles. The van der Waals surface area contributed by atoms with Gasteiger partial charge in [0.25, 0.3) is 0 Å². The Kier molecular flexibility index (Phi) is 6.08. The first kappa shape index (κ1) is 19.4. The number of alkyl halides is 1. The third-order valence-corrected chi connectivity index (χ3v) is 7.63. The van der Waals surface area contributed by atoms with E-state index in [0.29, 0.717) is 24.8 Å². The Morgan fingerprint density at radius 2 is 2.08 bits per heavy atom. The van der Waals surface area contributed by atoms with E-state index in [4.69, 9.17) is 11.6 Å². The van der Waals surface area contributed by atoms with Crippen molar-refractivity contribution in [2.45, 2.75) is 57.1 Å². The fourth-order valence-electron chi connectivity index (χ4n) is 3.90. The van der Waals surface area contributed by atoms with Crippen molar-refractivity contribution in [3.63, 3.8) is 0 Å². The van der Waals surface area contributed by atoms with E-state index >= 15 is 0 Å². The molecule has 4 nitrogen and oxygen atoms in total. The summed E-state index contributed by atoms with van der Waals surface area (Å²) in [5.74, 6) is -1.81. The molecule has 1 heterocycles. The van der Waals surface area contributed by atoms with E-state index in [2.05, 4.69) is 0 Å². The van der Waals surface area contributed by atoms with Crippen LogP contribution < -0.4 is 0 Å². The fourth-order valence-corrected chi connectivity index (χ4v) is 6.52. The molecule has 0 N–H and O–H groups in total. The van der Waals surface area contributed by atoms with Gasteiger partial charge in [0, 0.05) is 29.5 Å². The van der Waals surface area contributed by atoms with Crippen LogP contribution in [0.15, 0.2) is 23.1 Å². The van der Waals surface area contributed by atoms with E-state index in [1.54, 1.807) is 13.0 Å². The molecule has 2 unspecified atom stereocenters. The summed E-state index contributed by atoms with van der Waals surface area (Å²) in [6.07, 6.45) is 6.98. The molecule has 0 aromatic heterocycles. The molecule has 0 aromatic carbocycles. The quantitative estimate of drug-likeness (QED) is 0.389. The molecule has 3 atom stereocenters. The fraction of sp³-hybridized carbons (Fsp3) is 0.667. The third kappa shape index (κ3) is 3.01. The molecule has 0 bridgehead atoms. The average molecular weight is 373 g/mol. The van der Waals surface area contributed by atoms with Gasteiger partial charge in [-0.15, -0.1) is 11.6 Å². The normalized spacial score (nSPS) is 31.7. The molecule has 1 aliphatic heterocycles. The van der Waals surface area contributed by atoms with E-state index in [0.717, 1.165) is 18.2 Å². The van der Waals surface area contributed by atoms with E-state index in [1.807, 2.05) is 13.0 Å². The predicted molar refractivity (Wildman–Crippen MR) is 95.6 cm³/mol. The van der Waals surface area contributed by atoms with Crippen LogP contribution in [0.2, 0.25) is 0 Å². The Morgan fingerprint density at radius 1 is 1.38 bits per heavy atom. The third-order valence-electron chi connectivity index (χ3n) is 5.15. The van der Waals surface area contributed by atoms with Crippen LogP contribution in [0.3, 0.4) is 0 Å². The Balaban J connectivity index is 2.57. The molecule has 0 fully saturated rings. The molecule has 2 rings (SSSR count). The Hall–Kier alpha value is -0.940. The van der Waals surface area contributed by atoms with Crippen LogP contribution in [0, 0.1) is 11.8 Å². The lowest BCUT2D eigenvalue weighted by Crippen LogP contribution is -2.57. The first-order valence-electron chi connectivity index (χ1n) is 8.58. The van der Waals surface area contributed by atoms with Gasteiger partial charge in [0.1, 0.15) is 0 Å². The largest absolute Gasteiger partial charge is 0.297 e. The maximum atomic E-state index is 13.3. The van der Waals surface area contributed by atoms with Crippen molar-refractivity contribution in [1.29, 1.82) is 0 Å². The molecule has 0 saturated heterocycles. The zero-order valence-electron chi connectivity index (χ0n) is 14.3. The number of carbonyl (C=O) groups excluding carboxylic acids is 2. The van der Waals surface area contributed by atoms with Crippen molar-refractivity contribution in [2.75, 3.05) is 5.88 Å². The molecule has 0 radical (unpaired) electrons. The van der Waals surface area contributed by atoms with Gasteiger partial charge in [-0.3, -0.25) is 9.59 Å². The highest BCUT2D eigenvalue weighted by Gasteiger charge is 2.63. The summed E-state index contributed by atoms with van der Waals surface area (Å²) in [6.45, 7) is 3.50. The molecule has 24 heavy (non-hydrogen) atoms. The van der Waals surface area contributed by atoms with Gasteiger partial charge in [0.05, 0.1) is 0 Å². The lowest BCUT2D eigenvalue weighted by Gasteiger charge is -2.34. The van der Waals surface area contributed by atoms with Crippen molar-refractivity contribution in [2.24, 2.45) is 11.8 Å². The summed E-state index contributed by atoms with van der Waals surface area (Å²) in [6, 6.07) is 0. The van der Waals surface area contributed by atoms with Crippen LogP contribution in [-0.4, -0.2) is 30.6 Å². The first-order chi connectivity index (χ1) is 11.3. The van der Waals surface area contributed by atoms with Gasteiger partial charge in [-0.05, 0) is 32.1 Å². The van der Waals surface area contributed by atoms with Crippen LogP contribution >= 0.6 is 11.6 Å². The molecule has 0 amide bonds. The highest BCUT2D eigenvalue weighted by atomic mass is 35.5. The van der Waals surface area contributed by atoms with Crippen LogP contribution in [-0.2, 0) is 19.4 Å². The van der Waals surface area contributed by atoms with Crippen molar-refractivity contribution in [3.05, 3.63) is 23.1 Å². The second-order valence-corrected chi connectivity index (χ2v) is 8.98. The number of sulfone groups is 1.